The largest absolute Gasteiger partial charge is 0.493 e. The van der Waals surface area contributed by atoms with E-state index in [0.717, 1.165) is 63.9 Å². The molecule has 0 bridgehead atoms. The van der Waals surface area contributed by atoms with Crippen molar-refractivity contribution in [3.8, 4) is 11.5 Å². The Bertz CT molecular complexity index is 458. The van der Waals surface area contributed by atoms with Crippen molar-refractivity contribution in [2.24, 2.45) is 0 Å². The molecule has 1 aromatic carbocycles. The molecule has 1 N–H and O–H groups in total. The van der Waals surface area contributed by atoms with Crippen molar-refractivity contribution in [3.05, 3.63) is 23.8 Å². The quantitative estimate of drug-likeness (QED) is 0.751. The van der Waals surface area contributed by atoms with E-state index in [4.69, 9.17) is 9.47 Å². The van der Waals surface area contributed by atoms with Crippen molar-refractivity contribution in [1.29, 1.82) is 0 Å². The summed E-state index contributed by atoms with van der Waals surface area (Å²) in [7, 11) is 1.71. The van der Waals surface area contributed by atoms with Crippen molar-refractivity contribution in [2.45, 2.75) is 20.4 Å². The highest BCUT2D eigenvalue weighted by Gasteiger charge is 2.12. The second-order valence-electron chi connectivity index (χ2n) is 5.89. The monoisotopic (exact) mass is 321 g/mol. The summed E-state index contributed by atoms with van der Waals surface area (Å²) in [5, 5.41) is 3.38. The molecule has 0 spiro atoms. The molecule has 1 aliphatic rings. The number of hydrogen-bond acceptors (Lipinski definition) is 5. The average molecular weight is 321 g/mol. The fourth-order valence-electron chi connectivity index (χ4n) is 2.88. The van der Waals surface area contributed by atoms with Crippen LogP contribution in [0.15, 0.2) is 18.2 Å². The van der Waals surface area contributed by atoms with Crippen LogP contribution >= 0.6 is 0 Å². The SMILES string of the molecule is CCN(CC)CCOc1ccc(CN2CCNCC2)cc1OC. The highest BCUT2D eigenvalue weighted by molar-refractivity contribution is 5.43. The van der Waals surface area contributed by atoms with Crippen LogP contribution in [0.1, 0.15) is 19.4 Å². The van der Waals surface area contributed by atoms with Gasteiger partial charge in [0.15, 0.2) is 11.5 Å². The molecular weight excluding hydrogens is 290 g/mol. The molecule has 0 saturated carbocycles. The summed E-state index contributed by atoms with van der Waals surface area (Å²) in [5.41, 5.74) is 1.28. The van der Waals surface area contributed by atoms with Crippen LogP contribution in [-0.2, 0) is 6.54 Å². The smallest absolute Gasteiger partial charge is 0.161 e. The summed E-state index contributed by atoms with van der Waals surface area (Å²) in [4.78, 5) is 4.82. The van der Waals surface area contributed by atoms with Gasteiger partial charge in [-0.05, 0) is 30.8 Å². The molecule has 0 radical (unpaired) electrons. The minimum Gasteiger partial charge on any atom is -0.493 e. The van der Waals surface area contributed by atoms with Gasteiger partial charge in [-0.3, -0.25) is 4.90 Å². The van der Waals surface area contributed by atoms with E-state index in [2.05, 4.69) is 41.1 Å². The zero-order valence-corrected chi connectivity index (χ0v) is 14.8. The third-order valence-corrected chi connectivity index (χ3v) is 4.40. The Hall–Kier alpha value is -1.30. The molecule has 0 amide bonds. The number of piperazine rings is 1. The van der Waals surface area contributed by atoms with Gasteiger partial charge in [0.25, 0.3) is 0 Å². The summed E-state index contributed by atoms with van der Waals surface area (Å²) in [5.74, 6) is 1.67. The number of nitrogens with one attached hydrogen (secondary N) is 1. The number of methoxy groups -OCH3 is 1. The molecule has 1 aromatic rings. The lowest BCUT2D eigenvalue weighted by Crippen LogP contribution is -2.42. The van der Waals surface area contributed by atoms with Crippen molar-refractivity contribution in [3.63, 3.8) is 0 Å². The van der Waals surface area contributed by atoms with Gasteiger partial charge in [0.05, 0.1) is 7.11 Å². The zero-order valence-electron chi connectivity index (χ0n) is 14.8. The molecule has 5 nitrogen and oxygen atoms in total. The third kappa shape index (κ3) is 5.68. The van der Waals surface area contributed by atoms with E-state index in [1.54, 1.807) is 7.11 Å². The molecule has 23 heavy (non-hydrogen) atoms. The van der Waals surface area contributed by atoms with Crippen molar-refractivity contribution in [2.75, 3.05) is 59.5 Å². The van der Waals surface area contributed by atoms with E-state index in [0.29, 0.717) is 6.61 Å². The first kappa shape index (κ1) is 18.0. The van der Waals surface area contributed by atoms with Crippen LogP contribution in [0.4, 0.5) is 0 Å². The van der Waals surface area contributed by atoms with E-state index in [1.165, 1.54) is 5.56 Å². The van der Waals surface area contributed by atoms with Crippen LogP contribution in [-0.4, -0.2) is 69.3 Å². The molecule has 0 unspecified atom stereocenters. The summed E-state index contributed by atoms with van der Waals surface area (Å²) in [6.45, 7) is 13.4. The minimum atomic E-state index is 0.690. The normalized spacial score (nSPS) is 15.8. The van der Waals surface area contributed by atoms with E-state index in [9.17, 15) is 0 Å². The lowest BCUT2D eigenvalue weighted by molar-refractivity contribution is 0.216. The number of hydrogen-bond donors (Lipinski definition) is 1. The molecule has 1 heterocycles. The van der Waals surface area contributed by atoms with Gasteiger partial charge in [-0.25, -0.2) is 0 Å². The summed E-state index contributed by atoms with van der Waals surface area (Å²) in [6.07, 6.45) is 0. The molecule has 2 rings (SSSR count). The van der Waals surface area contributed by atoms with Crippen molar-refractivity contribution in [1.82, 2.24) is 15.1 Å². The first-order chi connectivity index (χ1) is 11.3. The van der Waals surface area contributed by atoms with E-state index < -0.39 is 0 Å². The Morgan fingerprint density at radius 2 is 1.87 bits per heavy atom. The summed E-state index contributed by atoms with van der Waals surface area (Å²) < 4.78 is 11.4. The highest BCUT2D eigenvalue weighted by atomic mass is 16.5. The lowest BCUT2D eigenvalue weighted by Gasteiger charge is -2.27. The maximum atomic E-state index is 5.92. The van der Waals surface area contributed by atoms with Gasteiger partial charge in [0, 0.05) is 39.3 Å². The highest BCUT2D eigenvalue weighted by Crippen LogP contribution is 2.28. The van der Waals surface area contributed by atoms with Gasteiger partial charge in [0.2, 0.25) is 0 Å². The fraction of sp³-hybridized carbons (Fsp3) is 0.667. The predicted molar refractivity (Wildman–Crippen MR) is 94.4 cm³/mol. The Balaban J connectivity index is 1.90. The van der Waals surface area contributed by atoms with Gasteiger partial charge in [-0.15, -0.1) is 0 Å². The second-order valence-corrected chi connectivity index (χ2v) is 5.89. The molecule has 1 saturated heterocycles. The first-order valence-electron chi connectivity index (χ1n) is 8.72. The Morgan fingerprint density at radius 3 is 2.52 bits per heavy atom. The van der Waals surface area contributed by atoms with Crippen molar-refractivity contribution < 1.29 is 9.47 Å². The Kier molecular flexibility index (Phi) is 7.65. The van der Waals surface area contributed by atoms with Gasteiger partial charge in [-0.2, -0.15) is 0 Å². The molecule has 5 heteroatoms. The zero-order chi connectivity index (χ0) is 16.5. The van der Waals surface area contributed by atoms with Crippen LogP contribution in [0.3, 0.4) is 0 Å². The third-order valence-electron chi connectivity index (χ3n) is 4.40. The molecule has 1 fully saturated rings. The van der Waals surface area contributed by atoms with Crippen LogP contribution in [0, 0.1) is 0 Å². The van der Waals surface area contributed by atoms with Gasteiger partial charge >= 0.3 is 0 Å². The van der Waals surface area contributed by atoms with Crippen LogP contribution in [0.25, 0.3) is 0 Å². The summed E-state index contributed by atoms with van der Waals surface area (Å²) in [6, 6.07) is 6.30. The Labute approximate surface area is 140 Å². The minimum absolute atomic E-state index is 0.690. The fourth-order valence-corrected chi connectivity index (χ4v) is 2.88. The van der Waals surface area contributed by atoms with Crippen LogP contribution in [0.5, 0.6) is 11.5 Å². The molecule has 1 aliphatic heterocycles. The lowest BCUT2D eigenvalue weighted by atomic mass is 10.1. The topological polar surface area (TPSA) is 37.0 Å². The van der Waals surface area contributed by atoms with Gasteiger partial charge in [-0.1, -0.05) is 19.9 Å². The number of benzene rings is 1. The maximum absolute atomic E-state index is 5.92. The standard InChI is InChI=1S/C18H31N3O2/c1-4-20(5-2)12-13-23-17-7-6-16(14-18(17)22-3)15-21-10-8-19-9-11-21/h6-7,14,19H,4-5,8-13,15H2,1-3H3. The average Bonchev–Trinajstić information content (AvgIpc) is 2.60. The number of nitrogens with zero attached hydrogens (tertiary/aromatic N) is 2. The number of rotatable bonds is 9. The van der Waals surface area contributed by atoms with Gasteiger partial charge in [0.1, 0.15) is 6.61 Å². The second kappa shape index (κ2) is 9.75. The van der Waals surface area contributed by atoms with Gasteiger partial charge < -0.3 is 19.7 Å². The molecular formula is C18H31N3O2. The first-order valence-corrected chi connectivity index (χ1v) is 8.72. The van der Waals surface area contributed by atoms with E-state index in [1.807, 2.05) is 6.07 Å². The van der Waals surface area contributed by atoms with E-state index in [-0.39, 0.29) is 0 Å². The van der Waals surface area contributed by atoms with Crippen LogP contribution < -0.4 is 14.8 Å². The number of ether oxygens (including phenoxy) is 2. The molecule has 0 aliphatic carbocycles. The van der Waals surface area contributed by atoms with E-state index >= 15 is 0 Å². The molecule has 0 atom stereocenters. The van der Waals surface area contributed by atoms with Crippen LogP contribution in [0.2, 0.25) is 0 Å². The Morgan fingerprint density at radius 1 is 1.13 bits per heavy atom. The number of likely N-dealkylation sites (N-methyl/N-ethyl adjacent to an activating group) is 1. The summed E-state index contributed by atoms with van der Waals surface area (Å²) >= 11 is 0. The van der Waals surface area contributed by atoms with Crippen molar-refractivity contribution >= 4 is 0 Å². The molecule has 0 aromatic heterocycles. The molecule has 130 valence electrons. The predicted octanol–water partition coefficient (Wildman–Crippen LogP) is 1.82. The maximum Gasteiger partial charge on any atom is 0.161 e.